The summed E-state index contributed by atoms with van der Waals surface area (Å²) in [6, 6.07) is 7.41. The van der Waals surface area contributed by atoms with Gasteiger partial charge in [-0.2, -0.15) is 8.42 Å². The van der Waals surface area contributed by atoms with Crippen molar-refractivity contribution in [2.45, 2.75) is 11.8 Å². The number of carbonyl (C=O) groups excluding carboxylic acids is 1. The average molecular weight is 244 g/mol. The molecular weight excluding hydrogens is 232 g/mol. The van der Waals surface area contributed by atoms with Crippen molar-refractivity contribution in [1.82, 2.24) is 4.41 Å². The molecule has 0 heterocycles. The molecule has 0 radical (unpaired) electrons. The van der Waals surface area contributed by atoms with Gasteiger partial charge in [-0.3, -0.25) is 0 Å². The van der Waals surface area contributed by atoms with Crippen LogP contribution in [0.4, 0.5) is 4.79 Å². The van der Waals surface area contributed by atoms with Gasteiger partial charge in [-0.15, -0.1) is 4.41 Å². The van der Waals surface area contributed by atoms with E-state index >= 15 is 0 Å². The molecule has 0 saturated carbocycles. The van der Waals surface area contributed by atoms with Crippen LogP contribution in [0.2, 0.25) is 0 Å². The van der Waals surface area contributed by atoms with Gasteiger partial charge in [0.1, 0.15) is 0 Å². The molecule has 0 fully saturated rings. The predicted molar refractivity (Wildman–Crippen MR) is 56.7 cm³/mol. The average Bonchev–Trinajstić information content (AvgIpc) is 2.29. The standard InChI is InChI=1S/C9H12N2O4S/c1-2-15-9(12)11(10)16(13,14)8-6-4-3-5-7-8/h3-7H,2,10H2,1H3. The summed E-state index contributed by atoms with van der Waals surface area (Å²) in [6.07, 6.45) is -1.11. The van der Waals surface area contributed by atoms with Crippen molar-refractivity contribution >= 4 is 16.1 Å². The quantitative estimate of drug-likeness (QED) is 0.480. The highest BCUT2D eigenvalue weighted by Crippen LogP contribution is 2.12. The Bertz CT molecular complexity index is 458. The number of carbonyl (C=O) groups is 1. The molecule has 0 atom stereocenters. The molecule has 6 nitrogen and oxygen atoms in total. The summed E-state index contributed by atoms with van der Waals surface area (Å²) in [6.45, 7) is 1.61. The number of benzene rings is 1. The van der Waals surface area contributed by atoms with E-state index in [1.165, 1.54) is 24.3 Å². The lowest BCUT2D eigenvalue weighted by atomic mass is 10.4. The molecule has 88 valence electrons. The normalized spacial score (nSPS) is 10.9. The maximum Gasteiger partial charge on any atom is 0.438 e. The van der Waals surface area contributed by atoms with Crippen molar-refractivity contribution in [3.05, 3.63) is 30.3 Å². The molecule has 0 aliphatic heterocycles. The minimum absolute atomic E-state index is 0.0524. The molecule has 1 rings (SSSR count). The number of ether oxygens (including phenoxy) is 1. The van der Waals surface area contributed by atoms with E-state index in [2.05, 4.69) is 4.74 Å². The van der Waals surface area contributed by atoms with Crippen molar-refractivity contribution in [1.29, 1.82) is 0 Å². The number of amides is 1. The molecule has 0 aromatic heterocycles. The molecule has 2 N–H and O–H groups in total. The number of rotatable bonds is 3. The van der Waals surface area contributed by atoms with Crippen LogP contribution in [0.25, 0.3) is 0 Å². The zero-order chi connectivity index (χ0) is 12.2. The first-order chi connectivity index (χ1) is 7.50. The molecule has 0 saturated heterocycles. The van der Waals surface area contributed by atoms with Gasteiger partial charge in [0.25, 0.3) is 10.0 Å². The van der Waals surface area contributed by atoms with Crippen LogP contribution in [0.5, 0.6) is 0 Å². The highest BCUT2D eigenvalue weighted by Gasteiger charge is 2.27. The third-order valence-electron chi connectivity index (χ3n) is 1.75. The monoisotopic (exact) mass is 244 g/mol. The fourth-order valence-corrected chi connectivity index (χ4v) is 1.97. The SMILES string of the molecule is CCOC(=O)N(N)S(=O)(=O)c1ccccc1. The molecule has 1 aromatic rings. The van der Waals surface area contributed by atoms with E-state index in [1.807, 2.05) is 0 Å². The predicted octanol–water partition coefficient (Wildman–Crippen LogP) is 0.707. The van der Waals surface area contributed by atoms with Crippen LogP contribution >= 0.6 is 0 Å². The molecule has 0 spiro atoms. The smallest absolute Gasteiger partial charge is 0.438 e. The first-order valence-electron chi connectivity index (χ1n) is 4.52. The summed E-state index contributed by atoms with van der Waals surface area (Å²) in [4.78, 5) is 11.1. The lowest BCUT2D eigenvalue weighted by Gasteiger charge is -2.15. The zero-order valence-electron chi connectivity index (χ0n) is 8.66. The molecule has 0 aliphatic carbocycles. The van der Waals surface area contributed by atoms with Gasteiger partial charge >= 0.3 is 6.09 Å². The highest BCUT2D eigenvalue weighted by molar-refractivity contribution is 7.89. The molecule has 0 aliphatic rings. The number of nitrogens with zero attached hydrogens (tertiary/aromatic N) is 1. The van der Waals surface area contributed by atoms with E-state index in [9.17, 15) is 13.2 Å². The fourth-order valence-electron chi connectivity index (χ4n) is 0.991. The van der Waals surface area contributed by atoms with E-state index in [0.29, 0.717) is 0 Å². The van der Waals surface area contributed by atoms with Gasteiger partial charge < -0.3 is 4.74 Å². The van der Waals surface area contributed by atoms with Crippen molar-refractivity contribution < 1.29 is 17.9 Å². The summed E-state index contributed by atoms with van der Waals surface area (Å²) in [5, 5.41) is 0. The largest absolute Gasteiger partial charge is 0.448 e. The topological polar surface area (TPSA) is 89.7 Å². The Balaban J connectivity index is 2.99. The molecule has 1 amide bonds. The summed E-state index contributed by atoms with van der Waals surface area (Å²) in [5.41, 5.74) is 0. The Hall–Kier alpha value is -1.60. The van der Waals surface area contributed by atoms with Gasteiger partial charge in [-0.25, -0.2) is 10.6 Å². The molecule has 16 heavy (non-hydrogen) atoms. The first-order valence-corrected chi connectivity index (χ1v) is 5.96. The summed E-state index contributed by atoms with van der Waals surface area (Å²) < 4.78 is 28.1. The fraction of sp³-hybridized carbons (Fsp3) is 0.222. The number of hydrazine groups is 1. The van der Waals surface area contributed by atoms with E-state index in [1.54, 1.807) is 13.0 Å². The Morgan fingerprint density at radius 1 is 1.38 bits per heavy atom. The number of hydrogen-bond donors (Lipinski definition) is 1. The number of hydrogen-bond acceptors (Lipinski definition) is 5. The summed E-state index contributed by atoms with van der Waals surface area (Å²) >= 11 is 0. The maximum atomic E-state index is 11.7. The van der Waals surface area contributed by atoms with E-state index in [4.69, 9.17) is 5.84 Å². The van der Waals surface area contributed by atoms with Gasteiger partial charge in [0.15, 0.2) is 0 Å². The van der Waals surface area contributed by atoms with Gasteiger partial charge in [0, 0.05) is 0 Å². The van der Waals surface area contributed by atoms with E-state index in [-0.39, 0.29) is 15.9 Å². The summed E-state index contributed by atoms with van der Waals surface area (Å²) in [7, 11) is -4.02. The molecule has 0 unspecified atom stereocenters. The molecule has 7 heteroatoms. The van der Waals surface area contributed by atoms with Crippen LogP contribution in [0.15, 0.2) is 35.2 Å². The van der Waals surface area contributed by atoms with Crippen molar-refractivity contribution in [2.75, 3.05) is 6.61 Å². The third-order valence-corrected chi connectivity index (χ3v) is 3.28. The maximum absolute atomic E-state index is 11.7. The molecule has 0 bridgehead atoms. The van der Waals surface area contributed by atoms with Crippen LogP contribution < -0.4 is 5.84 Å². The van der Waals surface area contributed by atoms with Crippen LogP contribution in [0, 0.1) is 0 Å². The number of sulfonamides is 1. The highest BCUT2D eigenvalue weighted by atomic mass is 32.2. The Labute approximate surface area is 93.6 Å². The Morgan fingerprint density at radius 2 is 1.94 bits per heavy atom. The minimum atomic E-state index is -4.02. The van der Waals surface area contributed by atoms with Crippen molar-refractivity contribution in [3.8, 4) is 0 Å². The van der Waals surface area contributed by atoms with Crippen LogP contribution in [0.1, 0.15) is 6.92 Å². The van der Waals surface area contributed by atoms with E-state index < -0.39 is 16.1 Å². The zero-order valence-corrected chi connectivity index (χ0v) is 9.48. The van der Waals surface area contributed by atoms with Crippen LogP contribution in [-0.2, 0) is 14.8 Å². The van der Waals surface area contributed by atoms with Crippen molar-refractivity contribution in [3.63, 3.8) is 0 Å². The second-order valence-electron chi connectivity index (χ2n) is 2.81. The van der Waals surface area contributed by atoms with Gasteiger partial charge in [0.2, 0.25) is 0 Å². The lowest BCUT2D eigenvalue weighted by molar-refractivity contribution is 0.131. The second kappa shape index (κ2) is 4.95. The Kier molecular flexibility index (Phi) is 3.86. The van der Waals surface area contributed by atoms with Gasteiger partial charge in [-0.1, -0.05) is 18.2 Å². The first kappa shape index (κ1) is 12.5. The van der Waals surface area contributed by atoms with Gasteiger partial charge in [-0.05, 0) is 19.1 Å². The molecular formula is C9H12N2O4S. The third kappa shape index (κ3) is 2.50. The Morgan fingerprint density at radius 3 is 2.44 bits per heavy atom. The van der Waals surface area contributed by atoms with Crippen LogP contribution in [0.3, 0.4) is 0 Å². The van der Waals surface area contributed by atoms with E-state index in [0.717, 1.165) is 0 Å². The van der Waals surface area contributed by atoms with Gasteiger partial charge in [0.05, 0.1) is 11.5 Å². The van der Waals surface area contributed by atoms with Crippen molar-refractivity contribution in [2.24, 2.45) is 5.84 Å². The van der Waals surface area contributed by atoms with Crippen LogP contribution in [-0.4, -0.2) is 25.5 Å². The second-order valence-corrected chi connectivity index (χ2v) is 4.63. The lowest BCUT2D eigenvalue weighted by Crippen LogP contribution is -2.42. The number of nitrogens with two attached hydrogens (primary N) is 1. The minimum Gasteiger partial charge on any atom is -0.448 e. The summed E-state index contributed by atoms with van der Waals surface area (Å²) in [5.74, 6) is 5.18. The molecule has 1 aromatic carbocycles.